The monoisotopic (exact) mass is 427 g/mol. The van der Waals surface area contributed by atoms with Gasteiger partial charge in [0, 0.05) is 30.1 Å². The molecule has 2 aromatic rings. The van der Waals surface area contributed by atoms with Crippen molar-refractivity contribution in [1.29, 1.82) is 0 Å². The van der Waals surface area contributed by atoms with Gasteiger partial charge >= 0.3 is 0 Å². The first-order valence-corrected chi connectivity index (χ1v) is 11.6. The number of likely N-dealkylation sites (tertiary alicyclic amines) is 1. The summed E-state index contributed by atoms with van der Waals surface area (Å²) in [6.07, 6.45) is 8.30. The highest BCUT2D eigenvalue weighted by Crippen LogP contribution is 2.36. The minimum absolute atomic E-state index is 0.146. The number of aromatic nitrogens is 2. The number of nitrogens with one attached hydrogen (secondary N) is 1. The van der Waals surface area contributed by atoms with Gasteiger partial charge in [0.05, 0.1) is 11.1 Å². The summed E-state index contributed by atoms with van der Waals surface area (Å²) in [4.78, 5) is 37.5. The highest BCUT2D eigenvalue weighted by molar-refractivity contribution is 7.15. The predicted molar refractivity (Wildman–Crippen MR) is 118 cm³/mol. The molecule has 3 heterocycles. The Morgan fingerprint density at radius 1 is 1.20 bits per heavy atom. The van der Waals surface area contributed by atoms with E-state index in [2.05, 4.69) is 10.3 Å². The van der Waals surface area contributed by atoms with Crippen LogP contribution in [-0.4, -0.2) is 39.8 Å². The molecule has 1 saturated heterocycles. The van der Waals surface area contributed by atoms with Gasteiger partial charge in [-0.15, -0.1) is 11.3 Å². The molecule has 0 atom stereocenters. The number of rotatable bonds is 5. The van der Waals surface area contributed by atoms with Crippen molar-refractivity contribution in [1.82, 2.24) is 14.9 Å². The van der Waals surface area contributed by atoms with Crippen LogP contribution in [0.2, 0.25) is 0 Å². The fourth-order valence-electron chi connectivity index (χ4n) is 4.64. The van der Waals surface area contributed by atoms with E-state index >= 15 is 0 Å². The molecule has 7 nitrogen and oxygen atoms in total. The van der Waals surface area contributed by atoms with Crippen LogP contribution in [0.25, 0.3) is 0 Å². The molecule has 160 valence electrons. The normalized spacial score (nSPS) is 19.4. The van der Waals surface area contributed by atoms with Gasteiger partial charge in [-0.05, 0) is 44.7 Å². The lowest BCUT2D eigenvalue weighted by molar-refractivity contribution is -0.140. The van der Waals surface area contributed by atoms with Crippen molar-refractivity contribution in [2.75, 3.05) is 18.4 Å². The molecule has 1 aliphatic carbocycles. The number of pyridine rings is 1. The van der Waals surface area contributed by atoms with Crippen molar-refractivity contribution in [3.8, 4) is 0 Å². The summed E-state index contributed by atoms with van der Waals surface area (Å²) >= 11 is 1.55. The third-order valence-corrected chi connectivity index (χ3v) is 7.28. The highest BCUT2D eigenvalue weighted by atomic mass is 32.1. The van der Waals surface area contributed by atoms with Crippen LogP contribution in [0, 0.1) is 12.8 Å². The first-order valence-electron chi connectivity index (χ1n) is 10.7. The van der Waals surface area contributed by atoms with Crippen molar-refractivity contribution in [2.45, 2.75) is 57.3 Å². The Morgan fingerprint density at radius 2 is 1.93 bits per heavy atom. The number of aryl methyl sites for hydroxylation is 1. The summed E-state index contributed by atoms with van der Waals surface area (Å²) in [7, 11) is 0. The number of nitrogens with zero attached hydrogens (tertiary/aromatic N) is 3. The Balaban J connectivity index is 1.49. The number of carbonyl (C=O) groups excluding carboxylic acids is 2. The molecule has 8 heteroatoms. The van der Waals surface area contributed by atoms with Crippen LogP contribution in [-0.2, 0) is 15.0 Å². The van der Waals surface area contributed by atoms with Gasteiger partial charge in [0.25, 0.3) is 0 Å². The number of hydrogen-bond donors (Lipinski definition) is 2. The zero-order valence-electron chi connectivity index (χ0n) is 17.4. The number of anilines is 2. The van der Waals surface area contributed by atoms with Crippen LogP contribution < -0.4 is 11.1 Å². The number of primary amides is 1. The zero-order valence-corrected chi connectivity index (χ0v) is 18.2. The summed E-state index contributed by atoms with van der Waals surface area (Å²) in [5.41, 5.74) is 5.71. The van der Waals surface area contributed by atoms with Crippen LogP contribution in [0.15, 0.2) is 24.4 Å². The number of piperidine rings is 1. The second kappa shape index (κ2) is 8.71. The summed E-state index contributed by atoms with van der Waals surface area (Å²) in [6.45, 7) is 3.09. The van der Waals surface area contributed by atoms with E-state index in [0.717, 1.165) is 35.7 Å². The molecule has 0 radical (unpaired) electrons. The first kappa shape index (κ1) is 20.8. The van der Waals surface area contributed by atoms with Gasteiger partial charge in [0.15, 0.2) is 5.13 Å². The molecule has 0 spiro atoms. The third-order valence-electron chi connectivity index (χ3n) is 6.45. The van der Waals surface area contributed by atoms with Gasteiger partial charge in [-0.1, -0.05) is 25.3 Å². The number of hydrogen-bond acceptors (Lipinski definition) is 6. The topological polar surface area (TPSA) is 101 Å². The average molecular weight is 428 g/mol. The maximum absolute atomic E-state index is 12.9. The fraction of sp³-hybridized carbons (Fsp3) is 0.545. The third kappa shape index (κ3) is 4.19. The number of nitrogens with two attached hydrogens (primary N) is 1. The van der Waals surface area contributed by atoms with Crippen LogP contribution in [0.5, 0.6) is 0 Å². The van der Waals surface area contributed by atoms with Crippen molar-refractivity contribution >= 4 is 34.1 Å². The van der Waals surface area contributed by atoms with Gasteiger partial charge in [0.1, 0.15) is 5.82 Å². The minimum Gasteiger partial charge on any atom is -0.369 e. The minimum atomic E-state index is -0.847. The Kier molecular flexibility index (Phi) is 6.04. The van der Waals surface area contributed by atoms with E-state index in [4.69, 9.17) is 10.7 Å². The van der Waals surface area contributed by atoms with E-state index in [1.54, 1.807) is 17.5 Å². The molecule has 4 rings (SSSR count). The van der Waals surface area contributed by atoms with E-state index in [9.17, 15) is 9.59 Å². The van der Waals surface area contributed by atoms with E-state index in [1.165, 1.54) is 6.42 Å². The van der Waals surface area contributed by atoms with Gasteiger partial charge in [0.2, 0.25) is 11.8 Å². The number of amides is 2. The van der Waals surface area contributed by atoms with Crippen molar-refractivity contribution in [3.63, 3.8) is 0 Å². The lowest BCUT2D eigenvalue weighted by atomic mass is 9.74. The van der Waals surface area contributed by atoms with E-state index in [-0.39, 0.29) is 17.7 Å². The van der Waals surface area contributed by atoms with Gasteiger partial charge < -0.3 is 16.0 Å². The quantitative estimate of drug-likeness (QED) is 0.760. The predicted octanol–water partition coefficient (Wildman–Crippen LogP) is 3.52. The highest BCUT2D eigenvalue weighted by Gasteiger charge is 2.44. The van der Waals surface area contributed by atoms with E-state index in [1.807, 2.05) is 30.0 Å². The van der Waals surface area contributed by atoms with Crippen LogP contribution >= 0.6 is 11.3 Å². The molecule has 0 aromatic carbocycles. The largest absolute Gasteiger partial charge is 0.369 e. The molecular weight excluding hydrogens is 398 g/mol. The van der Waals surface area contributed by atoms with Gasteiger partial charge in [-0.3, -0.25) is 9.59 Å². The summed E-state index contributed by atoms with van der Waals surface area (Å²) < 4.78 is 0. The van der Waals surface area contributed by atoms with Crippen molar-refractivity contribution in [3.05, 3.63) is 35.0 Å². The Labute approximate surface area is 181 Å². The fourth-order valence-corrected chi connectivity index (χ4v) is 5.31. The molecule has 1 aliphatic heterocycles. The molecule has 3 N–H and O–H groups in total. The summed E-state index contributed by atoms with van der Waals surface area (Å²) in [5, 5.41) is 3.97. The van der Waals surface area contributed by atoms with Crippen molar-refractivity contribution in [2.24, 2.45) is 11.7 Å². The van der Waals surface area contributed by atoms with Crippen LogP contribution in [0.3, 0.4) is 0 Å². The second-order valence-electron chi connectivity index (χ2n) is 8.42. The SMILES string of the molecule is Cc1cnc(Nc2cccc(C3(C(N)=O)CCN(C(=O)C4CCCCC4)CC3)n2)s1. The molecule has 2 aromatic heterocycles. The molecule has 0 bridgehead atoms. The molecule has 2 aliphatic rings. The Morgan fingerprint density at radius 3 is 2.57 bits per heavy atom. The Hall–Kier alpha value is -2.48. The maximum atomic E-state index is 12.9. The molecular formula is C22H29N5O2S. The molecule has 0 unspecified atom stereocenters. The maximum Gasteiger partial charge on any atom is 0.229 e. The lowest BCUT2D eigenvalue weighted by Gasteiger charge is -2.40. The lowest BCUT2D eigenvalue weighted by Crippen LogP contribution is -2.52. The zero-order chi connectivity index (χ0) is 21.1. The Bertz CT molecular complexity index is 914. The molecule has 1 saturated carbocycles. The standard InChI is InChI=1S/C22H29N5O2S/c1-15-14-24-21(30-15)26-18-9-5-8-17(25-18)22(20(23)29)10-12-27(13-11-22)19(28)16-6-3-2-4-7-16/h5,8-9,14,16H,2-4,6-7,10-13H2,1H3,(H2,23,29)(H,24,25,26). The van der Waals surface area contributed by atoms with Crippen LogP contribution in [0.1, 0.15) is 55.5 Å². The van der Waals surface area contributed by atoms with Crippen molar-refractivity contribution < 1.29 is 9.59 Å². The van der Waals surface area contributed by atoms with E-state index < -0.39 is 5.41 Å². The number of carbonyl (C=O) groups is 2. The summed E-state index contributed by atoms with van der Waals surface area (Å²) in [6, 6.07) is 5.60. The van der Waals surface area contributed by atoms with Gasteiger partial charge in [-0.25, -0.2) is 9.97 Å². The van der Waals surface area contributed by atoms with E-state index in [0.29, 0.717) is 37.4 Å². The summed E-state index contributed by atoms with van der Waals surface area (Å²) in [5.74, 6) is 0.660. The van der Waals surface area contributed by atoms with Crippen LogP contribution in [0.4, 0.5) is 10.9 Å². The number of thiazole rings is 1. The molecule has 30 heavy (non-hydrogen) atoms. The molecule has 2 fully saturated rings. The average Bonchev–Trinajstić information content (AvgIpc) is 3.18. The smallest absolute Gasteiger partial charge is 0.229 e. The second-order valence-corrected chi connectivity index (χ2v) is 9.65. The first-order chi connectivity index (χ1) is 14.5. The van der Waals surface area contributed by atoms with Gasteiger partial charge in [-0.2, -0.15) is 0 Å². The molecule has 2 amide bonds.